The van der Waals surface area contributed by atoms with Crippen LogP contribution in [0.3, 0.4) is 0 Å². The molecule has 0 aliphatic heterocycles. The topological polar surface area (TPSA) is 35.5 Å². The summed E-state index contributed by atoms with van der Waals surface area (Å²) in [6.45, 7) is 17.3. The molecule has 0 heterocycles. The zero-order chi connectivity index (χ0) is 26.8. The molecule has 4 rings (SSSR count). The van der Waals surface area contributed by atoms with E-state index in [1.54, 1.807) is 5.57 Å². The van der Waals surface area contributed by atoms with Crippen molar-refractivity contribution in [1.82, 2.24) is 0 Å². The lowest BCUT2D eigenvalue weighted by Crippen LogP contribution is -2.51. The monoisotopic (exact) mass is 514 g/mol. The van der Waals surface area contributed by atoms with E-state index in [4.69, 9.17) is 9.47 Å². The van der Waals surface area contributed by atoms with Crippen LogP contribution in [0.2, 0.25) is 0 Å². The van der Waals surface area contributed by atoms with E-state index in [2.05, 4.69) is 54.5 Å². The summed E-state index contributed by atoms with van der Waals surface area (Å²) in [5, 5.41) is 0. The first-order valence-corrected chi connectivity index (χ1v) is 16.1. The Balaban J connectivity index is 1.37. The van der Waals surface area contributed by atoms with Gasteiger partial charge in [0, 0.05) is 6.42 Å². The Morgan fingerprint density at radius 1 is 1.00 bits per heavy atom. The van der Waals surface area contributed by atoms with Crippen molar-refractivity contribution in [2.24, 2.45) is 52.3 Å². The van der Waals surface area contributed by atoms with Gasteiger partial charge in [0.05, 0.1) is 6.61 Å². The van der Waals surface area contributed by atoms with Gasteiger partial charge in [-0.15, -0.1) is 0 Å². The second-order valence-electron chi connectivity index (χ2n) is 14.5. The van der Waals surface area contributed by atoms with E-state index in [0.29, 0.717) is 23.4 Å². The highest BCUT2D eigenvalue weighted by atomic mass is 16.7. The molecular weight excluding hydrogens is 456 g/mol. The lowest BCUT2D eigenvalue weighted by molar-refractivity contribution is -0.0622. The fraction of sp³-hybridized carbons (Fsp3) is 0.912. The highest BCUT2D eigenvalue weighted by molar-refractivity contribution is 5.60. The van der Waals surface area contributed by atoms with Crippen LogP contribution >= 0.6 is 0 Å². The van der Waals surface area contributed by atoms with Crippen molar-refractivity contribution >= 4 is 6.16 Å². The second kappa shape index (κ2) is 12.0. The SMILES string of the molecule is CCC(CC)COC(=O)O[C@H]1CC[C@@]2(C)C(=CC[C@H]3[C@@H]4CC[C@H]([C@H](C)CCCC(C)C)[C@@]4(C)CC[C@@H]32)C1. The largest absolute Gasteiger partial charge is 0.508 e. The van der Waals surface area contributed by atoms with Crippen LogP contribution < -0.4 is 0 Å². The summed E-state index contributed by atoms with van der Waals surface area (Å²) in [6, 6.07) is 0. The summed E-state index contributed by atoms with van der Waals surface area (Å²) >= 11 is 0. The number of hydrogen-bond acceptors (Lipinski definition) is 3. The van der Waals surface area contributed by atoms with Gasteiger partial charge in [0.2, 0.25) is 0 Å². The molecule has 3 heteroatoms. The minimum absolute atomic E-state index is 0.0125. The molecule has 0 saturated heterocycles. The quantitative estimate of drug-likeness (QED) is 0.215. The van der Waals surface area contributed by atoms with Crippen molar-refractivity contribution in [3.63, 3.8) is 0 Å². The zero-order valence-electron chi connectivity index (χ0n) is 25.3. The lowest BCUT2D eigenvalue weighted by Gasteiger charge is -2.58. The van der Waals surface area contributed by atoms with Crippen LogP contribution in [-0.4, -0.2) is 18.9 Å². The molecule has 0 spiro atoms. The maximum Gasteiger partial charge on any atom is 0.508 e. The van der Waals surface area contributed by atoms with Gasteiger partial charge in [-0.25, -0.2) is 4.79 Å². The third kappa shape index (κ3) is 5.96. The maximum atomic E-state index is 12.4. The smallest absolute Gasteiger partial charge is 0.434 e. The van der Waals surface area contributed by atoms with Gasteiger partial charge in [-0.1, -0.05) is 92.2 Å². The Bertz CT molecular complexity index is 797. The Hall–Kier alpha value is -0.990. The van der Waals surface area contributed by atoms with E-state index in [1.807, 2.05) is 0 Å². The fourth-order valence-electron chi connectivity index (χ4n) is 9.63. The summed E-state index contributed by atoms with van der Waals surface area (Å²) in [4.78, 5) is 12.4. The molecule has 3 saturated carbocycles. The molecule has 0 unspecified atom stereocenters. The van der Waals surface area contributed by atoms with E-state index in [-0.39, 0.29) is 6.10 Å². The Labute approximate surface area is 228 Å². The molecule has 0 amide bonds. The van der Waals surface area contributed by atoms with Crippen molar-refractivity contribution in [3.05, 3.63) is 11.6 Å². The van der Waals surface area contributed by atoms with Crippen LogP contribution in [0.15, 0.2) is 11.6 Å². The van der Waals surface area contributed by atoms with Crippen molar-refractivity contribution in [1.29, 1.82) is 0 Å². The lowest BCUT2D eigenvalue weighted by atomic mass is 9.47. The third-order valence-corrected chi connectivity index (χ3v) is 12.1. The molecule has 0 radical (unpaired) electrons. The van der Waals surface area contributed by atoms with Gasteiger partial charge in [-0.3, -0.25) is 0 Å². The fourth-order valence-corrected chi connectivity index (χ4v) is 9.63. The van der Waals surface area contributed by atoms with Crippen molar-refractivity contribution in [3.8, 4) is 0 Å². The summed E-state index contributed by atoms with van der Waals surface area (Å²) in [7, 11) is 0. The highest BCUT2D eigenvalue weighted by Gasteiger charge is 2.59. The molecule has 0 aromatic heterocycles. The minimum Gasteiger partial charge on any atom is -0.434 e. The molecule has 0 aromatic carbocycles. The summed E-state index contributed by atoms with van der Waals surface area (Å²) in [5.74, 6) is 5.61. The van der Waals surface area contributed by atoms with E-state index in [9.17, 15) is 4.79 Å². The number of fused-ring (bicyclic) bond motifs is 5. The number of carbonyl (C=O) groups excluding carboxylic acids is 1. The summed E-state index contributed by atoms with van der Waals surface area (Å²) in [5.41, 5.74) is 2.42. The Morgan fingerprint density at radius 3 is 2.46 bits per heavy atom. The number of hydrogen-bond donors (Lipinski definition) is 0. The second-order valence-corrected chi connectivity index (χ2v) is 14.5. The van der Waals surface area contributed by atoms with Crippen LogP contribution in [0, 0.1) is 52.3 Å². The Kier molecular flexibility index (Phi) is 9.43. The van der Waals surface area contributed by atoms with Crippen molar-refractivity contribution < 1.29 is 14.3 Å². The maximum absolute atomic E-state index is 12.4. The highest BCUT2D eigenvalue weighted by Crippen LogP contribution is 2.67. The number of allylic oxidation sites excluding steroid dienone is 1. The van der Waals surface area contributed by atoms with Crippen LogP contribution in [0.5, 0.6) is 0 Å². The average Bonchev–Trinajstić information content (AvgIpc) is 3.22. The molecule has 3 fully saturated rings. The van der Waals surface area contributed by atoms with E-state index >= 15 is 0 Å². The van der Waals surface area contributed by atoms with E-state index in [0.717, 1.165) is 67.6 Å². The van der Waals surface area contributed by atoms with E-state index < -0.39 is 6.16 Å². The predicted molar refractivity (Wildman–Crippen MR) is 153 cm³/mol. The molecule has 37 heavy (non-hydrogen) atoms. The van der Waals surface area contributed by atoms with Gasteiger partial charge in [0.15, 0.2) is 0 Å². The van der Waals surface area contributed by atoms with Crippen LogP contribution in [0.25, 0.3) is 0 Å². The molecule has 8 atom stereocenters. The zero-order valence-corrected chi connectivity index (χ0v) is 25.3. The van der Waals surface area contributed by atoms with Crippen molar-refractivity contribution in [2.75, 3.05) is 6.61 Å². The molecule has 0 aromatic rings. The van der Waals surface area contributed by atoms with Gasteiger partial charge in [0.25, 0.3) is 0 Å². The molecule has 212 valence electrons. The van der Waals surface area contributed by atoms with Crippen molar-refractivity contribution in [2.45, 2.75) is 138 Å². The van der Waals surface area contributed by atoms with E-state index in [1.165, 1.54) is 51.4 Å². The number of carbonyl (C=O) groups is 1. The van der Waals surface area contributed by atoms with Crippen LogP contribution in [0.1, 0.15) is 132 Å². The first-order valence-electron chi connectivity index (χ1n) is 16.1. The van der Waals surface area contributed by atoms with Gasteiger partial charge in [-0.2, -0.15) is 0 Å². The van der Waals surface area contributed by atoms with Crippen LogP contribution in [0.4, 0.5) is 4.79 Å². The molecular formula is C34H58O3. The van der Waals surface area contributed by atoms with Gasteiger partial charge < -0.3 is 9.47 Å². The standard InChI is InChI=1S/C34H58O3/c1-8-25(9-2)22-36-32(35)37-27-17-19-33(6)26(21-27)13-14-28-30-16-15-29(24(5)12-10-11-23(3)4)34(30,7)20-18-31(28)33/h13,23-25,27-31H,8-12,14-22H2,1-7H3/t24-,27+,28+,29-,30+,31+,33+,34-/m1/s1. The summed E-state index contributed by atoms with van der Waals surface area (Å²) in [6.07, 6.45) is 18.4. The normalized spacial score (nSPS) is 38.0. The molecule has 3 nitrogen and oxygen atoms in total. The first-order chi connectivity index (χ1) is 17.6. The van der Waals surface area contributed by atoms with Gasteiger partial charge in [-0.05, 0) is 97.2 Å². The third-order valence-electron chi connectivity index (χ3n) is 12.1. The number of rotatable bonds is 10. The summed E-state index contributed by atoms with van der Waals surface area (Å²) < 4.78 is 11.3. The first kappa shape index (κ1) is 29.0. The van der Waals surface area contributed by atoms with Gasteiger partial charge in [0.1, 0.15) is 6.10 Å². The molecule has 0 N–H and O–H groups in total. The predicted octanol–water partition coefficient (Wildman–Crippen LogP) is 9.99. The molecule has 0 bridgehead atoms. The molecule has 4 aliphatic rings. The minimum atomic E-state index is -0.456. The number of ether oxygens (including phenoxy) is 2. The van der Waals surface area contributed by atoms with Gasteiger partial charge >= 0.3 is 6.16 Å². The molecule has 4 aliphatic carbocycles. The average molecular weight is 515 g/mol. The van der Waals surface area contributed by atoms with Crippen LogP contribution in [-0.2, 0) is 9.47 Å². The Morgan fingerprint density at radius 2 is 1.76 bits per heavy atom.